The molecule has 0 amide bonds. The van der Waals surface area contributed by atoms with Crippen LogP contribution in [0.2, 0.25) is 0 Å². The number of pyridine rings is 1. The van der Waals surface area contributed by atoms with Crippen LogP contribution in [0.25, 0.3) is 0 Å². The van der Waals surface area contributed by atoms with E-state index in [1.807, 2.05) is 0 Å². The average Bonchev–Trinajstić information content (AvgIpc) is 2.09. The molecule has 1 aromatic heterocycles. The normalized spacial score (nSPS) is 10.8. The first kappa shape index (κ1) is 10.2. The second kappa shape index (κ2) is 3.87. The van der Waals surface area contributed by atoms with E-state index in [1.165, 1.54) is 0 Å². The number of halogens is 3. The second-order valence-electron chi connectivity index (χ2n) is 2.63. The van der Waals surface area contributed by atoms with Crippen molar-refractivity contribution in [3.05, 3.63) is 23.0 Å². The van der Waals surface area contributed by atoms with Gasteiger partial charge in [-0.2, -0.15) is 0 Å². The topological polar surface area (TPSA) is 38.9 Å². The Hall–Kier alpha value is -0.900. The van der Waals surface area contributed by atoms with Crippen molar-refractivity contribution in [3.63, 3.8) is 0 Å². The van der Waals surface area contributed by atoms with Crippen molar-refractivity contribution < 1.29 is 8.78 Å². The number of rotatable bonds is 2. The number of aromatic nitrogens is 1. The van der Waals surface area contributed by atoms with Crippen LogP contribution in [-0.2, 0) is 5.88 Å². The largest absolute Gasteiger partial charge is 0.397 e. The fourth-order valence-electron chi connectivity index (χ4n) is 1.02. The van der Waals surface area contributed by atoms with Gasteiger partial charge >= 0.3 is 0 Å². The molecule has 0 bridgehead atoms. The summed E-state index contributed by atoms with van der Waals surface area (Å²) >= 11 is 5.51. The van der Waals surface area contributed by atoms with Gasteiger partial charge < -0.3 is 5.73 Å². The highest BCUT2D eigenvalue weighted by Gasteiger charge is 2.16. The van der Waals surface area contributed by atoms with Crippen LogP contribution in [0.4, 0.5) is 14.5 Å². The summed E-state index contributed by atoms with van der Waals surface area (Å²) < 4.78 is 24.7. The molecule has 0 aliphatic heterocycles. The standard InChI is InChI=1S/C8H9ClF2N2/c1-4-7(12)5(2-9)6(3-13-4)8(10)11/h3,8H,2,12H2,1H3. The molecule has 0 aliphatic rings. The Bertz CT molecular complexity index is 315. The van der Waals surface area contributed by atoms with Crippen LogP contribution in [0.1, 0.15) is 23.2 Å². The Morgan fingerprint density at radius 3 is 2.69 bits per heavy atom. The number of alkyl halides is 3. The van der Waals surface area contributed by atoms with Crippen molar-refractivity contribution >= 4 is 17.3 Å². The molecule has 0 unspecified atom stereocenters. The molecule has 0 saturated carbocycles. The Labute approximate surface area is 79.7 Å². The molecule has 0 fully saturated rings. The van der Waals surface area contributed by atoms with Gasteiger partial charge in [-0.1, -0.05) is 0 Å². The third kappa shape index (κ3) is 1.88. The maximum absolute atomic E-state index is 12.4. The molecule has 0 spiro atoms. The summed E-state index contributed by atoms with van der Waals surface area (Å²) in [4.78, 5) is 3.74. The first-order chi connectivity index (χ1) is 6.07. The van der Waals surface area contributed by atoms with E-state index in [1.54, 1.807) is 6.92 Å². The van der Waals surface area contributed by atoms with Crippen LogP contribution in [0.15, 0.2) is 6.20 Å². The summed E-state index contributed by atoms with van der Waals surface area (Å²) in [5, 5.41) is 0. The molecule has 2 nitrogen and oxygen atoms in total. The fourth-order valence-corrected chi connectivity index (χ4v) is 1.32. The van der Waals surface area contributed by atoms with Crippen LogP contribution >= 0.6 is 11.6 Å². The molecular formula is C8H9ClF2N2. The van der Waals surface area contributed by atoms with E-state index in [9.17, 15) is 8.78 Å². The predicted octanol–water partition coefficient (Wildman–Crippen LogP) is 2.65. The smallest absolute Gasteiger partial charge is 0.265 e. The van der Waals surface area contributed by atoms with Crippen molar-refractivity contribution in [2.75, 3.05) is 5.73 Å². The van der Waals surface area contributed by atoms with E-state index < -0.39 is 6.43 Å². The van der Waals surface area contributed by atoms with Crippen LogP contribution in [0.5, 0.6) is 0 Å². The number of hydrogen-bond acceptors (Lipinski definition) is 2. The lowest BCUT2D eigenvalue weighted by molar-refractivity contribution is 0.150. The molecular weight excluding hydrogens is 198 g/mol. The maximum atomic E-state index is 12.4. The van der Waals surface area contributed by atoms with Crippen LogP contribution < -0.4 is 5.73 Å². The van der Waals surface area contributed by atoms with Crippen molar-refractivity contribution in [3.8, 4) is 0 Å². The zero-order chi connectivity index (χ0) is 10.0. The van der Waals surface area contributed by atoms with E-state index in [4.69, 9.17) is 17.3 Å². The van der Waals surface area contributed by atoms with E-state index in [-0.39, 0.29) is 22.7 Å². The fraction of sp³-hybridized carbons (Fsp3) is 0.375. The number of aryl methyl sites for hydroxylation is 1. The molecule has 1 rings (SSSR count). The zero-order valence-electron chi connectivity index (χ0n) is 7.02. The first-order valence-corrected chi connectivity index (χ1v) is 4.19. The van der Waals surface area contributed by atoms with E-state index in [2.05, 4.69) is 4.98 Å². The molecule has 0 saturated heterocycles. The maximum Gasteiger partial charge on any atom is 0.265 e. The Kier molecular flexibility index (Phi) is 3.03. The summed E-state index contributed by atoms with van der Waals surface area (Å²) in [7, 11) is 0. The van der Waals surface area contributed by atoms with Crippen LogP contribution in [-0.4, -0.2) is 4.98 Å². The van der Waals surface area contributed by atoms with Crippen molar-refractivity contribution in [1.82, 2.24) is 4.98 Å². The van der Waals surface area contributed by atoms with Crippen molar-refractivity contribution in [1.29, 1.82) is 0 Å². The minimum Gasteiger partial charge on any atom is -0.397 e. The van der Waals surface area contributed by atoms with Crippen LogP contribution in [0.3, 0.4) is 0 Å². The Balaban J connectivity index is 3.30. The van der Waals surface area contributed by atoms with Gasteiger partial charge in [0.2, 0.25) is 0 Å². The molecule has 2 N–H and O–H groups in total. The third-order valence-corrected chi connectivity index (χ3v) is 2.10. The minimum atomic E-state index is -2.58. The monoisotopic (exact) mass is 206 g/mol. The summed E-state index contributed by atoms with van der Waals surface area (Å²) in [5.41, 5.74) is 6.44. The number of anilines is 1. The van der Waals surface area contributed by atoms with E-state index in [0.29, 0.717) is 5.69 Å². The highest BCUT2D eigenvalue weighted by Crippen LogP contribution is 2.28. The number of nitrogen functional groups attached to an aromatic ring is 1. The summed E-state index contributed by atoms with van der Waals surface area (Å²) in [5.74, 6) is -0.0190. The zero-order valence-corrected chi connectivity index (χ0v) is 7.78. The van der Waals surface area contributed by atoms with Gasteiger partial charge in [0, 0.05) is 17.3 Å². The summed E-state index contributed by atoms with van der Waals surface area (Å²) in [6.07, 6.45) is -1.46. The van der Waals surface area contributed by atoms with Gasteiger partial charge in [-0.15, -0.1) is 11.6 Å². The predicted molar refractivity (Wildman–Crippen MR) is 47.9 cm³/mol. The number of nitrogens with zero attached hydrogens (tertiary/aromatic N) is 1. The molecule has 13 heavy (non-hydrogen) atoms. The highest BCUT2D eigenvalue weighted by molar-refractivity contribution is 6.17. The van der Waals surface area contributed by atoms with Crippen molar-refractivity contribution in [2.45, 2.75) is 19.2 Å². The Morgan fingerprint density at radius 1 is 1.62 bits per heavy atom. The Morgan fingerprint density at radius 2 is 2.23 bits per heavy atom. The molecule has 1 heterocycles. The number of hydrogen-bond donors (Lipinski definition) is 1. The summed E-state index contributed by atoms with van der Waals surface area (Å²) in [6, 6.07) is 0. The van der Waals surface area contributed by atoms with E-state index >= 15 is 0 Å². The average molecular weight is 207 g/mol. The van der Waals surface area contributed by atoms with Crippen molar-refractivity contribution in [2.24, 2.45) is 0 Å². The van der Waals surface area contributed by atoms with Gasteiger partial charge in [0.05, 0.1) is 17.3 Å². The lowest BCUT2D eigenvalue weighted by Gasteiger charge is -2.10. The van der Waals surface area contributed by atoms with Gasteiger partial charge in [0.15, 0.2) is 0 Å². The first-order valence-electron chi connectivity index (χ1n) is 3.66. The second-order valence-corrected chi connectivity index (χ2v) is 2.89. The molecule has 1 aromatic rings. The lowest BCUT2D eigenvalue weighted by atomic mass is 10.1. The minimum absolute atomic E-state index is 0.0190. The van der Waals surface area contributed by atoms with Gasteiger partial charge in [-0.25, -0.2) is 8.78 Å². The quantitative estimate of drug-likeness (QED) is 0.756. The molecule has 0 radical (unpaired) electrons. The third-order valence-electron chi connectivity index (χ3n) is 1.83. The molecule has 0 aromatic carbocycles. The summed E-state index contributed by atoms with van der Waals surface area (Å²) in [6.45, 7) is 1.65. The molecule has 72 valence electrons. The van der Waals surface area contributed by atoms with Gasteiger partial charge in [0.1, 0.15) is 0 Å². The SMILES string of the molecule is Cc1ncc(C(F)F)c(CCl)c1N. The molecule has 5 heteroatoms. The van der Waals surface area contributed by atoms with E-state index in [0.717, 1.165) is 6.20 Å². The molecule has 0 aliphatic carbocycles. The van der Waals surface area contributed by atoms with Crippen LogP contribution in [0, 0.1) is 6.92 Å². The number of nitrogens with two attached hydrogens (primary N) is 1. The lowest BCUT2D eigenvalue weighted by Crippen LogP contribution is -2.03. The van der Waals surface area contributed by atoms with Gasteiger partial charge in [-0.05, 0) is 6.92 Å². The van der Waals surface area contributed by atoms with Gasteiger partial charge in [0.25, 0.3) is 6.43 Å². The van der Waals surface area contributed by atoms with Gasteiger partial charge in [-0.3, -0.25) is 4.98 Å². The molecule has 0 atom stereocenters. The highest BCUT2D eigenvalue weighted by atomic mass is 35.5.